The number of carbonyl (C=O) groups excluding carboxylic acids is 2. The maximum absolute atomic E-state index is 13.9. The minimum atomic E-state index is -0.293. The summed E-state index contributed by atoms with van der Waals surface area (Å²) in [6.45, 7) is 0.592. The second-order valence-electron chi connectivity index (χ2n) is 11.1. The van der Waals surface area contributed by atoms with Gasteiger partial charge in [0, 0.05) is 6.42 Å². The number of para-hydroxylation sites is 1. The second kappa shape index (κ2) is 15.5. The Hall–Kier alpha value is -5.62. The Labute approximate surface area is 288 Å². The van der Waals surface area contributed by atoms with Crippen molar-refractivity contribution in [1.82, 2.24) is 25.1 Å². The van der Waals surface area contributed by atoms with Gasteiger partial charge in [0.25, 0.3) is 11.8 Å². The van der Waals surface area contributed by atoms with E-state index in [-0.39, 0.29) is 30.2 Å². The van der Waals surface area contributed by atoms with Crippen molar-refractivity contribution >= 4 is 29.3 Å². The van der Waals surface area contributed by atoms with E-state index in [4.69, 9.17) is 19.3 Å². The number of methoxy groups -OCH3 is 3. The zero-order valence-electron chi connectivity index (χ0n) is 27.4. The van der Waals surface area contributed by atoms with Crippen molar-refractivity contribution in [3.05, 3.63) is 131 Å². The van der Waals surface area contributed by atoms with E-state index in [0.29, 0.717) is 35.3 Å². The number of carbonyl (C=O) groups is 2. The Morgan fingerprint density at radius 1 is 0.816 bits per heavy atom. The fourth-order valence-corrected chi connectivity index (χ4v) is 6.35. The minimum absolute atomic E-state index is 0.0759. The van der Waals surface area contributed by atoms with Crippen LogP contribution in [0.1, 0.15) is 45.3 Å². The SMILES string of the molecule is COc1ccc(C2=NN(C(=O)CSc3nnc(CNC(=O)c4ccccc4OC)n3Cc3ccccc3)[C@@H](c3ccc(OC)cc3)C2)cc1. The number of ether oxygens (including phenoxy) is 3. The molecular formula is C37H36N6O5S. The third-order valence-corrected chi connectivity index (χ3v) is 9.10. The lowest BCUT2D eigenvalue weighted by Crippen LogP contribution is -2.28. The van der Waals surface area contributed by atoms with Crippen LogP contribution >= 0.6 is 11.8 Å². The quantitative estimate of drug-likeness (QED) is 0.157. The molecule has 1 aliphatic rings. The van der Waals surface area contributed by atoms with Crippen molar-refractivity contribution < 1.29 is 23.8 Å². The topological polar surface area (TPSA) is 120 Å². The molecule has 4 aromatic carbocycles. The van der Waals surface area contributed by atoms with Crippen LogP contribution in [0.5, 0.6) is 17.2 Å². The van der Waals surface area contributed by atoms with Gasteiger partial charge in [-0.1, -0.05) is 66.4 Å². The lowest BCUT2D eigenvalue weighted by Gasteiger charge is -2.22. The van der Waals surface area contributed by atoms with E-state index in [0.717, 1.165) is 33.9 Å². The summed E-state index contributed by atoms with van der Waals surface area (Å²) in [4.78, 5) is 27.0. The molecule has 0 saturated carbocycles. The number of amides is 2. The molecular weight excluding hydrogens is 641 g/mol. The summed E-state index contributed by atoms with van der Waals surface area (Å²) in [5.74, 6) is 2.13. The number of benzene rings is 4. The fourth-order valence-electron chi connectivity index (χ4n) is 5.54. The molecule has 6 rings (SSSR count). The first kappa shape index (κ1) is 33.3. The van der Waals surface area contributed by atoms with Gasteiger partial charge < -0.3 is 24.1 Å². The average molecular weight is 677 g/mol. The molecule has 1 aliphatic heterocycles. The van der Waals surface area contributed by atoms with E-state index in [9.17, 15) is 9.59 Å². The smallest absolute Gasteiger partial charge is 0.255 e. The first-order valence-electron chi connectivity index (χ1n) is 15.6. The number of hydrazone groups is 1. The van der Waals surface area contributed by atoms with Crippen LogP contribution < -0.4 is 19.5 Å². The third-order valence-electron chi connectivity index (χ3n) is 8.15. The second-order valence-corrected chi connectivity index (χ2v) is 12.1. The number of hydrogen-bond acceptors (Lipinski definition) is 9. The molecule has 2 amide bonds. The van der Waals surface area contributed by atoms with Gasteiger partial charge in [-0.3, -0.25) is 9.59 Å². The summed E-state index contributed by atoms with van der Waals surface area (Å²) in [7, 11) is 4.78. The van der Waals surface area contributed by atoms with Gasteiger partial charge in [-0.2, -0.15) is 5.10 Å². The van der Waals surface area contributed by atoms with Crippen LogP contribution in [0.2, 0.25) is 0 Å². The van der Waals surface area contributed by atoms with Crippen LogP contribution in [0, 0.1) is 0 Å². The van der Waals surface area contributed by atoms with Gasteiger partial charge in [0.2, 0.25) is 0 Å². The summed E-state index contributed by atoms with van der Waals surface area (Å²) in [5.41, 5.74) is 4.13. The normalized spacial score (nSPS) is 13.9. The summed E-state index contributed by atoms with van der Waals surface area (Å²) >= 11 is 1.28. The van der Waals surface area contributed by atoms with Gasteiger partial charge in [-0.25, -0.2) is 5.01 Å². The van der Waals surface area contributed by atoms with Gasteiger partial charge in [0.15, 0.2) is 11.0 Å². The van der Waals surface area contributed by atoms with Crippen molar-refractivity contribution in [3.63, 3.8) is 0 Å². The molecule has 0 bridgehead atoms. The van der Waals surface area contributed by atoms with Gasteiger partial charge in [0.1, 0.15) is 17.2 Å². The highest BCUT2D eigenvalue weighted by atomic mass is 32.2. The van der Waals surface area contributed by atoms with Gasteiger partial charge in [-0.15, -0.1) is 10.2 Å². The van der Waals surface area contributed by atoms with Crippen LogP contribution in [-0.2, 0) is 17.9 Å². The van der Waals surface area contributed by atoms with Crippen LogP contribution in [0.3, 0.4) is 0 Å². The number of rotatable bonds is 13. The Kier molecular flexibility index (Phi) is 10.5. The molecule has 0 saturated heterocycles. The highest BCUT2D eigenvalue weighted by Gasteiger charge is 2.33. The van der Waals surface area contributed by atoms with E-state index in [1.54, 1.807) is 37.4 Å². The first-order chi connectivity index (χ1) is 24.0. The van der Waals surface area contributed by atoms with Crippen molar-refractivity contribution in [2.24, 2.45) is 5.10 Å². The summed E-state index contributed by atoms with van der Waals surface area (Å²) in [5, 5.41) is 18.7. The van der Waals surface area contributed by atoms with E-state index >= 15 is 0 Å². The zero-order chi connectivity index (χ0) is 34.2. The predicted molar refractivity (Wildman–Crippen MR) is 187 cm³/mol. The summed E-state index contributed by atoms with van der Waals surface area (Å²) in [6, 6.07) is 32.0. The molecule has 11 nitrogen and oxygen atoms in total. The largest absolute Gasteiger partial charge is 0.497 e. The Morgan fingerprint density at radius 2 is 1.49 bits per heavy atom. The Morgan fingerprint density at radius 3 is 2.18 bits per heavy atom. The fraction of sp³-hybridized carbons (Fsp3) is 0.216. The number of aromatic nitrogens is 3. The molecule has 49 heavy (non-hydrogen) atoms. The highest BCUT2D eigenvalue weighted by Crippen LogP contribution is 2.35. The lowest BCUT2D eigenvalue weighted by atomic mass is 9.98. The molecule has 1 aromatic heterocycles. The molecule has 1 atom stereocenters. The molecule has 0 radical (unpaired) electrons. The standard InChI is InChI=1S/C37H36N6O5S/c1-46-28-17-13-26(14-18-28)31-21-32(27-15-19-29(47-2)20-16-27)43(41-31)35(44)24-49-37-40-39-34(42(37)23-25-9-5-4-6-10-25)22-38-36(45)30-11-7-8-12-33(30)48-3/h4-20,32H,21-24H2,1-3H3,(H,38,45)/t32-/m1/s1. The molecule has 0 fully saturated rings. The number of nitrogens with one attached hydrogen (secondary N) is 1. The van der Waals surface area contributed by atoms with Crippen molar-refractivity contribution in [3.8, 4) is 17.2 Å². The molecule has 0 spiro atoms. The molecule has 2 heterocycles. The van der Waals surface area contributed by atoms with Crippen molar-refractivity contribution in [2.75, 3.05) is 27.1 Å². The molecule has 0 unspecified atom stereocenters. The molecule has 1 N–H and O–H groups in total. The number of hydrogen-bond donors (Lipinski definition) is 1. The van der Waals surface area contributed by atoms with E-state index in [2.05, 4.69) is 15.5 Å². The van der Waals surface area contributed by atoms with E-state index < -0.39 is 0 Å². The average Bonchev–Trinajstić information content (AvgIpc) is 3.78. The van der Waals surface area contributed by atoms with Crippen LogP contribution in [0.4, 0.5) is 0 Å². The van der Waals surface area contributed by atoms with Gasteiger partial charge in [-0.05, 0) is 65.2 Å². The van der Waals surface area contributed by atoms with Gasteiger partial charge in [0.05, 0.1) is 57.5 Å². The van der Waals surface area contributed by atoms with Crippen molar-refractivity contribution in [1.29, 1.82) is 0 Å². The molecule has 250 valence electrons. The van der Waals surface area contributed by atoms with Crippen LogP contribution in [0.25, 0.3) is 0 Å². The minimum Gasteiger partial charge on any atom is -0.497 e. The maximum Gasteiger partial charge on any atom is 0.255 e. The monoisotopic (exact) mass is 676 g/mol. The van der Waals surface area contributed by atoms with Crippen LogP contribution in [-0.4, -0.2) is 64.4 Å². The third kappa shape index (κ3) is 7.76. The lowest BCUT2D eigenvalue weighted by molar-refractivity contribution is -0.130. The molecule has 0 aliphatic carbocycles. The van der Waals surface area contributed by atoms with E-state index in [1.165, 1.54) is 18.9 Å². The Bertz CT molecular complexity index is 1930. The molecule has 5 aromatic rings. The highest BCUT2D eigenvalue weighted by molar-refractivity contribution is 7.99. The Balaban J connectivity index is 1.23. The van der Waals surface area contributed by atoms with Crippen molar-refractivity contribution in [2.45, 2.75) is 30.7 Å². The van der Waals surface area contributed by atoms with E-state index in [1.807, 2.05) is 89.5 Å². The summed E-state index contributed by atoms with van der Waals surface area (Å²) < 4.78 is 18.0. The number of thioether (sulfide) groups is 1. The van der Waals surface area contributed by atoms with Gasteiger partial charge >= 0.3 is 0 Å². The molecule has 12 heteroatoms. The first-order valence-corrected chi connectivity index (χ1v) is 16.6. The number of nitrogens with zero attached hydrogens (tertiary/aromatic N) is 5. The summed E-state index contributed by atoms with van der Waals surface area (Å²) in [6.07, 6.45) is 0.551. The zero-order valence-corrected chi connectivity index (χ0v) is 28.2. The predicted octanol–water partition coefficient (Wildman–Crippen LogP) is 5.75. The maximum atomic E-state index is 13.9. The van der Waals surface area contributed by atoms with Crippen LogP contribution in [0.15, 0.2) is 113 Å².